The quantitative estimate of drug-likeness (QED) is 0.409. The van der Waals surface area contributed by atoms with Crippen molar-refractivity contribution < 1.29 is 4.92 Å². The standard InChI is InChI=1S/C13H17NO2/c1-2-3-4-5-6-7-12-8-10-13(11-9-12)14(15)16/h6-11H,2-5H2,1H3/b7-6+. The van der Waals surface area contributed by atoms with Crippen LogP contribution >= 0.6 is 0 Å². The summed E-state index contributed by atoms with van der Waals surface area (Å²) in [7, 11) is 0. The summed E-state index contributed by atoms with van der Waals surface area (Å²) in [6.45, 7) is 2.18. The van der Waals surface area contributed by atoms with Crippen LogP contribution in [0.5, 0.6) is 0 Å². The van der Waals surface area contributed by atoms with E-state index in [4.69, 9.17) is 0 Å². The van der Waals surface area contributed by atoms with Crippen molar-refractivity contribution in [2.75, 3.05) is 0 Å². The molecule has 1 aromatic rings. The van der Waals surface area contributed by atoms with Crippen molar-refractivity contribution in [2.24, 2.45) is 0 Å². The van der Waals surface area contributed by atoms with Crippen LogP contribution in [0.15, 0.2) is 30.3 Å². The lowest BCUT2D eigenvalue weighted by atomic mass is 10.1. The van der Waals surface area contributed by atoms with E-state index in [1.807, 2.05) is 6.08 Å². The zero-order valence-corrected chi connectivity index (χ0v) is 9.56. The number of rotatable bonds is 6. The molecule has 3 heteroatoms. The van der Waals surface area contributed by atoms with Crippen LogP contribution in [0.4, 0.5) is 5.69 Å². The van der Waals surface area contributed by atoms with Crippen molar-refractivity contribution in [3.63, 3.8) is 0 Å². The number of non-ortho nitro benzene ring substituents is 1. The second-order valence-electron chi connectivity index (χ2n) is 3.75. The van der Waals surface area contributed by atoms with Crippen molar-refractivity contribution in [1.82, 2.24) is 0 Å². The smallest absolute Gasteiger partial charge is 0.258 e. The highest BCUT2D eigenvalue weighted by Gasteiger charge is 2.01. The van der Waals surface area contributed by atoms with Crippen molar-refractivity contribution in [1.29, 1.82) is 0 Å². The molecule has 0 unspecified atom stereocenters. The van der Waals surface area contributed by atoms with Crippen LogP contribution in [0.25, 0.3) is 6.08 Å². The van der Waals surface area contributed by atoms with E-state index in [1.54, 1.807) is 12.1 Å². The Morgan fingerprint density at radius 3 is 2.50 bits per heavy atom. The van der Waals surface area contributed by atoms with Gasteiger partial charge < -0.3 is 0 Å². The molecule has 0 saturated carbocycles. The Hall–Kier alpha value is -1.64. The topological polar surface area (TPSA) is 43.1 Å². The van der Waals surface area contributed by atoms with Crippen molar-refractivity contribution in [2.45, 2.75) is 32.6 Å². The second kappa shape index (κ2) is 6.77. The molecule has 0 radical (unpaired) electrons. The summed E-state index contributed by atoms with van der Waals surface area (Å²) < 4.78 is 0. The molecular weight excluding hydrogens is 202 g/mol. The minimum absolute atomic E-state index is 0.142. The first-order chi connectivity index (χ1) is 7.74. The van der Waals surface area contributed by atoms with Crippen molar-refractivity contribution >= 4 is 11.8 Å². The van der Waals surface area contributed by atoms with Gasteiger partial charge in [0.1, 0.15) is 0 Å². The lowest BCUT2D eigenvalue weighted by molar-refractivity contribution is -0.384. The first-order valence-electron chi connectivity index (χ1n) is 5.65. The van der Waals surface area contributed by atoms with Gasteiger partial charge in [-0.15, -0.1) is 0 Å². The summed E-state index contributed by atoms with van der Waals surface area (Å²) in [6, 6.07) is 6.61. The summed E-state index contributed by atoms with van der Waals surface area (Å²) in [5.41, 5.74) is 1.16. The van der Waals surface area contributed by atoms with Gasteiger partial charge in [0.2, 0.25) is 0 Å². The molecule has 0 atom stereocenters. The number of allylic oxidation sites excluding steroid dienone is 1. The van der Waals surface area contributed by atoms with Gasteiger partial charge in [-0.05, 0) is 30.5 Å². The molecule has 0 aliphatic rings. The van der Waals surface area contributed by atoms with E-state index in [0.717, 1.165) is 12.0 Å². The molecule has 0 saturated heterocycles. The van der Waals surface area contributed by atoms with E-state index in [9.17, 15) is 10.1 Å². The van der Waals surface area contributed by atoms with Gasteiger partial charge in [-0.25, -0.2) is 0 Å². The molecule has 0 spiro atoms. The number of nitro benzene ring substituents is 1. The average Bonchev–Trinajstić information content (AvgIpc) is 2.29. The summed E-state index contributed by atoms with van der Waals surface area (Å²) in [4.78, 5) is 10.1. The van der Waals surface area contributed by atoms with Crippen LogP contribution in [-0.2, 0) is 0 Å². The number of hydrogen-bond donors (Lipinski definition) is 0. The molecule has 0 heterocycles. The van der Waals surface area contributed by atoms with E-state index in [2.05, 4.69) is 13.0 Å². The highest BCUT2D eigenvalue weighted by Crippen LogP contribution is 2.13. The molecule has 3 nitrogen and oxygen atoms in total. The maximum absolute atomic E-state index is 10.4. The van der Waals surface area contributed by atoms with Gasteiger partial charge >= 0.3 is 0 Å². The minimum Gasteiger partial charge on any atom is -0.258 e. The van der Waals surface area contributed by atoms with Crippen LogP contribution in [0.2, 0.25) is 0 Å². The highest BCUT2D eigenvalue weighted by atomic mass is 16.6. The molecule has 0 N–H and O–H groups in total. The molecule has 1 rings (SSSR count). The third kappa shape index (κ3) is 4.26. The fourth-order valence-corrected chi connectivity index (χ4v) is 1.44. The third-order valence-electron chi connectivity index (χ3n) is 2.39. The monoisotopic (exact) mass is 219 g/mol. The molecule has 0 aromatic heterocycles. The number of unbranched alkanes of at least 4 members (excludes halogenated alkanes) is 3. The Morgan fingerprint density at radius 2 is 1.94 bits per heavy atom. The van der Waals surface area contributed by atoms with Crippen molar-refractivity contribution in [3.8, 4) is 0 Å². The van der Waals surface area contributed by atoms with Crippen LogP contribution in [0.3, 0.4) is 0 Å². The lowest BCUT2D eigenvalue weighted by Gasteiger charge is -1.94. The van der Waals surface area contributed by atoms with Gasteiger partial charge in [0, 0.05) is 12.1 Å². The Balaban J connectivity index is 2.45. The molecule has 0 bridgehead atoms. The first-order valence-corrected chi connectivity index (χ1v) is 5.65. The van der Waals surface area contributed by atoms with Gasteiger partial charge in [-0.1, -0.05) is 31.9 Å². The lowest BCUT2D eigenvalue weighted by Crippen LogP contribution is -1.86. The summed E-state index contributed by atoms with van der Waals surface area (Å²) >= 11 is 0. The van der Waals surface area contributed by atoms with E-state index in [0.29, 0.717) is 0 Å². The van der Waals surface area contributed by atoms with Crippen LogP contribution in [-0.4, -0.2) is 4.92 Å². The number of hydrogen-bond acceptors (Lipinski definition) is 2. The SMILES string of the molecule is CCCCC/C=C/c1ccc([N+](=O)[O-])cc1. The van der Waals surface area contributed by atoms with Crippen molar-refractivity contribution in [3.05, 3.63) is 46.0 Å². The van der Waals surface area contributed by atoms with E-state index in [-0.39, 0.29) is 10.6 Å². The highest BCUT2D eigenvalue weighted by molar-refractivity contribution is 5.51. The van der Waals surface area contributed by atoms with E-state index < -0.39 is 0 Å². The minimum atomic E-state index is -0.380. The third-order valence-corrected chi connectivity index (χ3v) is 2.39. The zero-order valence-electron chi connectivity index (χ0n) is 9.56. The maximum atomic E-state index is 10.4. The molecule has 0 aliphatic carbocycles. The molecule has 0 amide bonds. The first kappa shape index (κ1) is 12.4. The van der Waals surface area contributed by atoms with Gasteiger partial charge in [0.15, 0.2) is 0 Å². The number of nitro groups is 1. The normalized spacial score (nSPS) is 10.8. The summed E-state index contributed by atoms with van der Waals surface area (Å²) in [5, 5.41) is 10.4. The Morgan fingerprint density at radius 1 is 1.25 bits per heavy atom. The fraction of sp³-hybridized carbons (Fsp3) is 0.385. The molecular formula is C13H17NO2. The zero-order chi connectivity index (χ0) is 11.8. The summed E-state index contributed by atoms with van der Waals surface area (Å²) in [5.74, 6) is 0. The summed E-state index contributed by atoms with van der Waals surface area (Å²) in [6.07, 6.45) is 8.90. The Bertz CT molecular complexity index is 355. The molecule has 1 aromatic carbocycles. The fourth-order valence-electron chi connectivity index (χ4n) is 1.44. The van der Waals surface area contributed by atoms with E-state index in [1.165, 1.54) is 31.4 Å². The average molecular weight is 219 g/mol. The van der Waals surface area contributed by atoms with Gasteiger partial charge in [-0.2, -0.15) is 0 Å². The van der Waals surface area contributed by atoms with E-state index >= 15 is 0 Å². The predicted octanol–water partition coefficient (Wildman–Crippen LogP) is 4.19. The van der Waals surface area contributed by atoms with Crippen LogP contribution in [0.1, 0.15) is 38.2 Å². The second-order valence-corrected chi connectivity index (χ2v) is 3.75. The molecule has 0 aliphatic heterocycles. The molecule has 0 fully saturated rings. The predicted molar refractivity (Wildman–Crippen MR) is 66.3 cm³/mol. The largest absolute Gasteiger partial charge is 0.269 e. The molecule has 16 heavy (non-hydrogen) atoms. The number of benzene rings is 1. The number of nitrogens with zero attached hydrogens (tertiary/aromatic N) is 1. The van der Waals surface area contributed by atoms with Gasteiger partial charge in [0.25, 0.3) is 5.69 Å². The molecule has 86 valence electrons. The maximum Gasteiger partial charge on any atom is 0.269 e. The van der Waals surface area contributed by atoms with Gasteiger partial charge in [-0.3, -0.25) is 10.1 Å². The Labute approximate surface area is 95.9 Å². The van der Waals surface area contributed by atoms with Gasteiger partial charge in [0.05, 0.1) is 4.92 Å². The van der Waals surface area contributed by atoms with Crippen LogP contribution in [0, 0.1) is 10.1 Å². The Kier molecular flexibility index (Phi) is 5.26. The van der Waals surface area contributed by atoms with Crippen LogP contribution < -0.4 is 0 Å².